The average molecular weight is 442 g/mol. The molecule has 3 N–H and O–H groups in total. The summed E-state index contributed by atoms with van der Waals surface area (Å²) in [6.07, 6.45) is 2.25. The zero-order valence-corrected chi connectivity index (χ0v) is 17.4. The molecule has 6 nitrogen and oxygen atoms in total. The molecule has 0 aromatic carbocycles. The molecule has 1 fully saturated rings. The van der Waals surface area contributed by atoms with Crippen molar-refractivity contribution < 1.29 is 9.47 Å². The summed E-state index contributed by atoms with van der Waals surface area (Å²) in [4.78, 5) is 4.57. The van der Waals surface area contributed by atoms with Crippen LogP contribution in [-0.2, 0) is 9.47 Å². The van der Waals surface area contributed by atoms with Gasteiger partial charge in [0.1, 0.15) is 0 Å². The molecule has 1 aliphatic heterocycles. The molecule has 1 unspecified atom stereocenters. The van der Waals surface area contributed by atoms with Crippen molar-refractivity contribution in [1.82, 2.24) is 16.0 Å². The van der Waals surface area contributed by atoms with Gasteiger partial charge in [0.2, 0.25) is 0 Å². The van der Waals surface area contributed by atoms with Crippen molar-refractivity contribution in [3.8, 4) is 0 Å². The van der Waals surface area contributed by atoms with Crippen molar-refractivity contribution in [1.29, 1.82) is 0 Å². The molecule has 1 aliphatic rings. The number of hydrogen-bond donors (Lipinski definition) is 3. The van der Waals surface area contributed by atoms with E-state index >= 15 is 0 Å². The van der Waals surface area contributed by atoms with E-state index in [1.54, 1.807) is 0 Å². The van der Waals surface area contributed by atoms with Gasteiger partial charge in [0.25, 0.3) is 0 Å². The van der Waals surface area contributed by atoms with Crippen LogP contribution in [0.3, 0.4) is 0 Å². The summed E-state index contributed by atoms with van der Waals surface area (Å²) >= 11 is 0. The first-order valence-corrected chi connectivity index (χ1v) is 8.48. The first-order chi connectivity index (χ1) is 10.5. The zero-order valence-electron chi connectivity index (χ0n) is 15.1. The normalized spacial score (nSPS) is 18.6. The Bertz CT molecular complexity index is 316. The van der Waals surface area contributed by atoms with Gasteiger partial charge in [-0.25, -0.2) is 0 Å². The molecule has 0 saturated carbocycles. The second kappa shape index (κ2) is 13.2. The molecule has 0 aromatic heterocycles. The van der Waals surface area contributed by atoms with Crippen molar-refractivity contribution in [2.45, 2.75) is 52.2 Å². The maximum absolute atomic E-state index is 5.74. The molecular weight excluding hydrogens is 407 g/mol. The molecule has 0 amide bonds. The second-order valence-corrected chi connectivity index (χ2v) is 6.57. The van der Waals surface area contributed by atoms with E-state index in [1.165, 1.54) is 0 Å². The first-order valence-electron chi connectivity index (χ1n) is 8.48. The summed E-state index contributed by atoms with van der Waals surface area (Å²) in [6.45, 7) is 14.3. The lowest BCUT2D eigenvalue weighted by Crippen LogP contribution is -2.44. The van der Waals surface area contributed by atoms with Crippen LogP contribution >= 0.6 is 24.0 Å². The molecule has 0 radical (unpaired) electrons. The number of rotatable bonds is 9. The lowest BCUT2D eigenvalue weighted by Gasteiger charge is -2.21. The van der Waals surface area contributed by atoms with Crippen LogP contribution in [-0.4, -0.2) is 63.6 Å². The highest BCUT2D eigenvalue weighted by atomic mass is 127. The van der Waals surface area contributed by atoms with Gasteiger partial charge in [0.05, 0.1) is 12.7 Å². The van der Waals surface area contributed by atoms with Crippen LogP contribution in [0.1, 0.15) is 40.5 Å². The molecule has 0 aliphatic carbocycles. The van der Waals surface area contributed by atoms with E-state index in [-0.39, 0.29) is 29.5 Å². The Labute approximate surface area is 158 Å². The van der Waals surface area contributed by atoms with Crippen LogP contribution in [0.4, 0.5) is 0 Å². The number of nitrogens with one attached hydrogen (secondary N) is 3. The Kier molecular flexibility index (Phi) is 13.1. The molecule has 0 bridgehead atoms. The second-order valence-electron chi connectivity index (χ2n) is 6.57. The molecule has 0 aromatic rings. The Hall–Kier alpha value is -0.120. The van der Waals surface area contributed by atoms with E-state index in [4.69, 9.17) is 9.47 Å². The maximum Gasteiger partial charge on any atom is 0.191 e. The lowest BCUT2D eigenvalue weighted by molar-refractivity contribution is 0.0424. The minimum Gasteiger partial charge on any atom is -0.379 e. The van der Waals surface area contributed by atoms with Gasteiger partial charge in [-0.05, 0) is 40.5 Å². The summed E-state index contributed by atoms with van der Waals surface area (Å²) in [5.41, 5.74) is 0.151. The Morgan fingerprint density at radius 2 is 2.04 bits per heavy atom. The van der Waals surface area contributed by atoms with Crippen LogP contribution < -0.4 is 16.0 Å². The fourth-order valence-corrected chi connectivity index (χ4v) is 2.11. The zero-order chi connectivity index (χ0) is 16.3. The summed E-state index contributed by atoms with van der Waals surface area (Å²) in [7, 11) is 0. The minimum atomic E-state index is 0. The topological polar surface area (TPSA) is 66.9 Å². The quantitative estimate of drug-likeness (QED) is 0.220. The van der Waals surface area contributed by atoms with E-state index in [1.807, 2.05) is 0 Å². The van der Waals surface area contributed by atoms with Gasteiger partial charge in [0.15, 0.2) is 5.96 Å². The SMILES string of the molecule is CCNC(=NCCCOC1CCOC1)NCCNC(C)(C)C.I. The van der Waals surface area contributed by atoms with E-state index in [0.29, 0.717) is 6.10 Å². The Balaban J connectivity index is 0.00000484. The molecule has 1 rings (SSSR count). The van der Waals surface area contributed by atoms with Gasteiger partial charge in [-0.2, -0.15) is 0 Å². The van der Waals surface area contributed by atoms with Gasteiger partial charge in [-0.3, -0.25) is 4.99 Å². The third-order valence-corrected chi connectivity index (χ3v) is 3.23. The first kappa shape index (κ1) is 22.9. The van der Waals surface area contributed by atoms with Crippen LogP contribution in [0.25, 0.3) is 0 Å². The number of hydrogen-bond acceptors (Lipinski definition) is 4. The van der Waals surface area contributed by atoms with E-state index in [0.717, 1.165) is 64.8 Å². The summed E-state index contributed by atoms with van der Waals surface area (Å²) in [6, 6.07) is 0. The van der Waals surface area contributed by atoms with Gasteiger partial charge >= 0.3 is 0 Å². The number of guanidine groups is 1. The highest BCUT2D eigenvalue weighted by molar-refractivity contribution is 14.0. The molecule has 7 heteroatoms. The van der Waals surface area contributed by atoms with Gasteiger partial charge in [-0.15, -0.1) is 24.0 Å². The summed E-state index contributed by atoms with van der Waals surface area (Å²) in [5.74, 6) is 0.877. The molecule has 1 atom stereocenters. The molecule has 1 saturated heterocycles. The smallest absolute Gasteiger partial charge is 0.191 e. The molecule has 138 valence electrons. The molecule has 0 spiro atoms. The number of nitrogens with zero attached hydrogens (tertiary/aromatic N) is 1. The van der Waals surface area contributed by atoms with E-state index in [9.17, 15) is 0 Å². The molecule has 23 heavy (non-hydrogen) atoms. The Morgan fingerprint density at radius 1 is 1.26 bits per heavy atom. The Morgan fingerprint density at radius 3 is 2.65 bits per heavy atom. The van der Waals surface area contributed by atoms with E-state index in [2.05, 4.69) is 48.6 Å². The minimum absolute atomic E-state index is 0. The third-order valence-electron chi connectivity index (χ3n) is 3.23. The monoisotopic (exact) mass is 442 g/mol. The van der Waals surface area contributed by atoms with Crippen LogP contribution in [0.15, 0.2) is 4.99 Å². The fraction of sp³-hybridized carbons (Fsp3) is 0.938. The van der Waals surface area contributed by atoms with Crippen molar-refractivity contribution >= 4 is 29.9 Å². The van der Waals surface area contributed by atoms with Gasteiger partial charge < -0.3 is 25.4 Å². The highest BCUT2D eigenvalue weighted by Gasteiger charge is 2.15. The van der Waals surface area contributed by atoms with E-state index < -0.39 is 0 Å². The fourth-order valence-electron chi connectivity index (χ4n) is 2.11. The standard InChI is InChI=1S/C16H34N4O2.HI/c1-5-17-15(19-9-10-20-16(2,3)4)18-8-6-11-22-14-7-12-21-13-14;/h14,20H,5-13H2,1-4H3,(H2,17,18,19);1H. The molecule has 1 heterocycles. The summed E-state index contributed by atoms with van der Waals surface area (Å²) < 4.78 is 11.0. The van der Waals surface area contributed by atoms with Crippen LogP contribution in [0, 0.1) is 0 Å². The number of halogens is 1. The van der Waals surface area contributed by atoms with Crippen molar-refractivity contribution in [3.05, 3.63) is 0 Å². The largest absolute Gasteiger partial charge is 0.379 e. The van der Waals surface area contributed by atoms with Gasteiger partial charge in [0, 0.05) is 44.9 Å². The van der Waals surface area contributed by atoms with Crippen molar-refractivity contribution in [2.24, 2.45) is 4.99 Å². The lowest BCUT2D eigenvalue weighted by atomic mass is 10.1. The number of aliphatic imine (C=N–C) groups is 1. The van der Waals surface area contributed by atoms with Crippen LogP contribution in [0.5, 0.6) is 0 Å². The predicted octanol–water partition coefficient (Wildman–Crippen LogP) is 1.74. The van der Waals surface area contributed by atoms with Crippen LogP contribution in [0.2, 0.25) is 0 Å². The number of ether oxygens (including phenoxy) is 2. The van der Waals surface area contributed by atoms with Crippen molar-refractivity contribution in [3.63, 3.8) is 0 Å². The predicted molar refractivity (Wildman–Crippen MR) is 107 cm³/mol. The van der Waals surface area contributed by atoms with Crippen molar-refractivity contribution in [2.75, 3.05) is 46.0 Å². The molecular formula is C16H35IN4O2. The maximum atomic E-state index is 5.74. The average Bonchev–Trinajstić information content (AvgIpc) is 2.95. The highest BCUT2D eigenvalue weighted by Crippen LogP contribution is 2.08. The van der Waals surface area contributed by atoms with Gasteiger partial charge in [-0.1, -0.05) is 0 Å². The third kappa shape index (κ3) is 12.9. The summed E-state index contributed by atoms with van der Waals surface area (Å²) in [5, 5.41) is 10.1.